The third kappa shape index (κ3) is 8.28. The molecule has 0 radical (unpaired) electrons. The molecular formula is C7H15N3O3S2. The minimum absolute atomic E-state index is 0.0300. The average Bonchev–Trinajstić information content (AvgIpc) is 1.97. The molecule has 0 atom stereocenters. The minimum atomic E-state index is -3.59. The topological polar surface area (TPSA) is 101 Å². The molecule has 0 fully saturated rings. The Balaban J connectivity index is 4.05. The number of rotatable bonds is 6. The predicted molar refractivity (Wildman–Crippen MR) is 61.9 cm³/mol. The highest BCUT2D eigenvalue weighted by Gasteiger charge is 2.13. The first kappa shape index (κ1) is 14.3. The number of hydrogen-bond donors (Lipinski definition) is 3. The monoisotopic (exact) mass is 253 g/mol. The molecule has 6 nitrogen and oxygen atoms in total. The first-order chi connectivity index (χ1) is 6.73. The van der Waals surface area contributed by atoms with Crippen molar-refractivity contribution in [2.75, 3.05) is 12.3 Å². The van der Waals surface area contributed by atoms with Crippen LogP contribution in [0.15, 0.2) is 0 Å². The molecule has 0 aliphatic carbocycles. The van der Waals surface area contributed by atoms with E-state index < -0.39 is 21.7 Å². The van der Waals surface area contributed by atoms with Crippen molar-refractivity contribution in [3.05, 3.63) is 0 Å². The first-order valence-electron chi connectivity index (χ1n) is 4.28. The molecule has 0 aromatic carbocycles. The van der Waals surface area contributed by atoms with E-state index in [0.29, 0.717) is 0 Å². The van der Waals surface area contributed by atoms with E-state index in [4.69, 9.17) is 5.73 Å². The van der Waals surface area contributed by atoms with Crippen molar-refractivity contribution in [2.45, 2.75) is 19.9 Å². The lowest BCUT2D eigenvalue weighted by Crippen LogP contribution is -2.41. The van der Waals surface area contributed by atoms with Gasteiger partial charge in [-0.05, 0) is 13.8 Å². The Kier molecular flexibility index (Phi) is 5.69. The van der Waals surface area contributed by atoms with Gasteiger partial charge in [-0.2, -0.15) is 0 Å². The zero-order chi connectivity index (χ0) is 12.1. The number of nitrogens with one attached hydrogen (secondary N) is 2. The van der Waals surface area contributed by atoms with Crippen molar-refractivity contribution in [3.63, 3.8) is 0 Å². The lowest BCUT2D eigenvalue weighted by atomic mass is 10.4. The van der Waals surface area contributed by atoms with Gasteiger partial charge < -0.3 is 11.1 Å². The van der Waals surface area contributed by atoms with Gasteiger partial charge in [0.15, 0.2) is 0 Å². The molecule has 88 valence electrons. The molecule has 0 spiro atoms. The van der Waals surface area contributed by atoms with Crippen LogP contribution in [-0.4, -0.2) is 37.7 Å². The van der Waals surface area contributed by atoms with Crippen LogP contribution in [0.25, 0.3) is 0 Å². The molecule has 4 N–H and O–H groups in total. The van der Waals surface area contributed by atoms with Crippen molar-refractivity contribution in [2.24, 2.45) is 5.73 Å². The van der Waals surface area contributed by atoms with Gasteiger partial charge in [0.1, 0.15) is 5.75 Å². The molecule has 0 aliphatic heterocycles. The lowest BCUT2D eigenvalue weighted by molar-refractivity contribution is -0.120. The fourth-order valence-electron chi connectivity index (χ4n) is 0.787. The molecule has 0 saturated heterocycles. The minimum Gasteiger partial charge on any atom is -0.392 e. The second-order valence-electron chi connectivity index (χ2n) is 3.27. The van der Waals surface area contributed by atoms with Crippen LogP contribution in [0.3, 0.4) is 0 Å². The molecule has 0 bridgehead atoms. The van der Waals surface area contributed by atoms with Gasteiger partial charge in [0.05, 0.1) is 11.5 Å². The number of amides is 1. The first-order valence-corrected chi connectivity index (χ1v) is 6.34. The summed E-state index contributed by atoms with van der Waals surface area (Å²) < 4.78 is 24.4. The van der Waals surface area contributed by atoms with Crippen LogP contribution in [0.4, 0.5) is 0 Å². The van der Waals surface area contributed by atoms with Crippen molar-refractivity contribution in [3.8, 4) is 0 Å². The fraction of sp³-hybridized carbons (Fsp3) is 0.714. The Bertz CT molecular complexity index is 337. The third-order valence-corrected chi connectivity index (χ3v) is 2.84. The molecule has 0 unspecified atom stereocenters. The van der Waals surface area contributed by atoms with Crippen LogP contribution in [0.1, 0.15) is 13.8 Å². The van der Waals surface area contributed by atoms with E-state index in [0.717, 1.165) is 0 Å². The molecular weight excluding hydrogens is 238 g/mol. The summed E-state index contributed by atoms with van der Waals surface area (Å²) in [5.74, 6) is -0.839. The number of hydrogen-bond acceptors (Lipinski definition) is 4. The molecule has 0 saturated carbocycles. The van der Waals surface area contributed by atoms with Gasteiger partial charge in [-0.3, -0.25) is 4.79 Å². The Morgan fingerprint density at radius 3 is 2.40 bits per heavy atom. The summed E-state index contributed by atoms with van der Waals surface area (Å²) in [7, 11) is -3.59. The fourth-order valence-corrected chi connectivity index (χ4v) is 2.08. The van der Waals surface area contributed by atoms with Gasteiger partial charge >= 0.3 is 0 Å². The third-order valence-electron chi connectivity index (χ3n) is 1.23. The summed E-state index contributed by atoms with van der Waals surface area (Å²) in [4.78, 5) is 11.0. The van der Waals surface area contributed by atoms with E-state index in [9.17, 15) is 13.2 Å². The van der Waals surface area contributed by atoms with Crippen LogP contribution >= 0.6 is 12.2 Å². The lowest BCUT2D eigenvalue weighted by Gasteiger charge is -2.09. The normalized spacial score (nSPS) is 11.4. The summed E-state index contributed by atoms with van der Waals surface area (Å²) in [5.41, 5.74) is 5.08. The van der Waals surface area contributed by atoms with Crippen molar-refractivity contribution >= 4 is 33.1 Å². The Morgan fingerprint density at radius 1 is 1.47 bits per heavy atom. The summed E-state index contributed by atoms with van der Waals surface area (Å²) in [5, 5.41) is 2.54. The number of carbonyl (C=O) groups is 1. The predicted octanol–water partition coefficient (Wildman–Crippen LogP) is -1.28. The van der Waals surface area contributed by atoms with E-state index >= 15 is 0 Å². The molecule has 15 heavy (non-hydrogen) atoms. The summed E-state index contributed by atoms with van der Waals surface area (Å²) in [6, 6.07) is -0.0300. The van der Waals surface area contributed by atoms with Gasteiger partial charge in [-0.25, -0.2) is 13.1 Å². The van der Waals surface area contributed by atoms with Gasteiger partial charge in [0.2, 0.25) is 15.9 Å². The van der Waals surface area contributed by atoms with Crippen molar-refractivity contribution in [1.29, 1.82) is 0 Å². The van der Waals surface area contributed by atoms with Gasteiger partial charge in [0, 0.05) is 6.04 Å². The highest BCUT2D eigenvalue weighted by Crippen LogP contribution is 1.84. The standard InChI is InChI=1S/C7H15N3O3S2/c1-5(2)10-7(11)3-9-15(12,13)4-6(8)14/h5,9H,3-4H2,1-2H3,(H2,8,14)(H,10,11). The molecule has 0 heterocycles. The van der Waals surface area contributed by atoms with Crippen LogP contribution in [-0.2, 0) is 14.8 Å². The maximum Gasteiger partial charge on any atom is 0.235 e. The van der Waals surface area contributed by atoms with E-state index in [1.807, 2.05) is 0 Å². The van der Waals surface area contributed by atoms with E-state index in [2.05, 4.69) is 22.3 Å². The zero-order valence-electron chi connectivity index (χ0n) is 8.61. The highest BCUT2D eigenvalue weighted by molar-refractivity contribution is 7.92. The summed E-state index contributed by atoms with van der Waals surface area (Å²) in [6.45, 7) is 3.26. The molecule has 8 heteroatoms. The van der Waals surface area contributed by atoms with Crippen molar-refractivity contribution < 1.29 is 13.2 Å². The molecule has 0 aromatic rings. The molecule has 0 aliphatic rings. The van der Waals surface area contributed by atoms with Gasteiger partial charge in [0.25, 0.3) is 0 Å². The second kappa shape index (κ2) is 5.99. The quantitative estimate of drug-likeness (QED) is 0.512. The van der Waals surface area contributed by atoms with Crippen LogP contribution in [0.2, 0.25) is 0 Å². The van der Waals surface area contributed by atoms with E-state index in [1.54, 1.807) is 13.8 Å². The highest BCUT2D eigenvalue weighted by atomic mass is 32.2. The van der Waals surface area contributed by atoms with E-state index in [1.165, 1.54) is 0 Å². The van der Waals surface area contributed by atoms with E-state index in [-0.39, 0.29) is 17.6 Å². The van der Waals surface area contributed by atoms with Gasteiger partial charge in [-0.15, -0.1) is 0 Å². The number of nitrogens with two attached hydrogens (primary N) is 1. The largest absolute Gasteiger partial charge is 0.392 e. The number of sulfonamides is 1. The molecule has 0 aromatic heterocycles. The van der Waals surface area contributed by atoms with Crippen LogP contribution in [0, 0.1) is 0 Å². The Morgan fingerprint density at radius 2 is 2.00 bits per heavy atom. The maximum atomic E-state index is 11.2. The Hall–Kier alpha value is -0.730. The zero-order valence-corrected chi connectivity index (χ0v) is 10.2. The molecule has 0 rings (SSSR count). The number of carbonyl (C=O) groups excluding carboxylic acids is 1. The maximum absolute atomic E-state index is 11.2. The van der Waals surface area contributed by atoms with Crippen LogP contribution < -0.4 is 15.8 Å². The second-order valence-corrected chi connectivity index (χ2v) is 5.60. The van der Waals surface area contributed by atoms with Crippen molar-refractivity contribution in [1.82, 2.24) is 10.0 Å². The van der Waals surface area contributed by atoms with Gasteiger partial charge in [-0.1, -0.05) is 12.2 Å². The smallest absolute Gasteiger partial charge is 0.235 e. The SMILES string of the molecule is CC(C)NC(=O)CNS(=O)(=O)CC(N)=S. The van der Waals surface area contributed by atoms with Crippen LogP contribution in [0.5, 0.6) is 0 Å². The summed E-state index contributed by atoms with van der Waals surface area (Å²) in [6.07, 6.45) is 0. The molecule has 1 amide bonds. The summed E-state index contributed by atoms with van der Waals surface area (Å²) >= 11 is 4.45. The Labute approximate surface area is 94.6 Å². The number of thiocarbonyl (C=S) groups is 1. The average molecular weight is 253 g/mol.